The van der Waals surface area contributed by atoms with Crippen LogP contribution in [-0.4, -0.2) is 21.6 Å². The average Bonchev–Trinajstić information content (AvgIpc) is 3.10. The second kappa shape index (κ2) is 9.65. The Morgan fingerprint density at radius 1 is 1.08 bits per heavy atom. The van der Waals surface area contributed by atoms with Gasteiger partial charge in [-0.15, -0.1) is 0 Å². The van der Waals surface area contributed by atoms with E-state index in [1.54, 1.807) is 0 Å². The molecule has 0 bridgehead atoms. The molecule has 36 heavy (non-hydrogen) atoms. The van der Waals surface area contributed by atoms with Gasteiger partial charge < -0.3 is 4.57 Å². The first-order valence-electron chi connectivity index (χ1n) is 10.9. The van der Waals surface area contributed by atoms with Crippen molar-refractivity contribution < 1.29 is 22.9 Å². The van der Waals surface area contributed by atoms with Gasteiger partial charge >= 0.3 is 6.18 Å². The molecular formula is C26H21F3N4O3. The number of nitrogens with zero attached hydrogens (tertiary/aromatic N) is 3. The van der Waals surface area contributed by atoms with Crippen LogP contribution < -0.4 is 5.43 Å². The van der Waals surface area contributed by atoms with Crippen molar-refractivity contribution in [3.63, 3.8) is 0 Å². The molecule has 0 aliphatic rings. The van der Waals surface area contributed by atoms with Crippen molar-refractivity contribution in [1.82, 2.24) is 9.99 Å². The number of benzene rings is 3. The predicted molar refractivity (Wildman–Crippen MR) is 130 cm³/mol. The Labute approximate surface area is 204 Å². The molecule has 10 heteroatoms. The number of aromatic nitrogens is 1. The summed E-state index contributed by atoms with van der Waals surface area (Å²) in [6.07, 6.45) is -3.77. The number of nitrogens with one attached hydrogen (secondary N) is 1. The standard InChI is InChI=1S/C26H21F3N4O3/c1-16-12-20(17(2)32(16)23-9-5-7-18-6-3-4-8-22(18)23)15-30-31-25(34)13-19-10-11-21(26(27,28)29)14-24(19)33(35)36/h3-12,14-15H,13H2,1-2H3,(H,31,34)/b30-15+. The molecule has 0 spiro atoms. The van der Waals surface area contributed by atoms with Crippen LogP contribution in [0.5, 0.6) is 0 Å². The van der Waals surface area contributed by atoms with Gasteiger partial charge in [-0.1, -0.05) is 42.5 Å². The first-order chi connectivity index (χ1) is 17.1. The van der Waals surface area contributed by atoms with Gasteiger partial charge in [-0.05, 0) is 37.4 Å². The number of alkyl halides is 3. The van der Waals surface area contributed by atoms with Crippen LogP contribution in [0.15, 0.2) is 71.8 Å². The van der Waals surface area contributed by atoms with Crippen LogP contribution in [-0.2, 0) is 17.4 Å². The zero-order chi connectivity index (χ0) is 26.0. The fourth-order valence-corrected chi connectivity index (χ4v) is 4.14. The van der Waals surface area contributed by atoms with Gasteiger partial charge in [-0.25, -0.2) is 5.43 Å². The Bertz CT molecular complexity index is 1500. The molecule has 0 fully saturated rings. The van der Waals surface area contributed by atoms with Crippen molar-refractivity contribution in [2.75, 3.05) is 0 Å². The Kier molecular flexibility index (Phi) is 6.61. The van der Waals surface area contributed by atoms with E-state index in [1.807, 2.05) is 62.4 Å². The summed E-state index contributed by atoms with van der Waals surface area (Å²) < 4.78 is 40.7. The quantitative estimate of drug-likeness (QED) is 0.207. The number of rotatable bonds is 6. The molecule has 0 aliphatic carbocycles. The van der Waals surface area contributed by atoms with Gasteiger partial charge in [0, 0.05) is 34.0 Å². The molecule has 7 nitrogen and oxygen atoms in total. The van der Waals surface area contributed by atoms with Crippen LogP contribution in [0.3, 0.4) is 0 Å². The molecule has 3 aromatic carbocycles. The predicted octanol–water partition coefficient (Wildman–Crippen LogP) is 5.87. The summed E-state index contributed by atoms with van der Waals surface area (Å²) in [5, 5.41) is 17.4. The first kappa shape index (κ1) is 24.6. The first-order valence-corrected chi connectivity index (χ1v) is 10.9. The molecule has 1 heterocycles. The highest BCUT2D eigenvalue weighted by Gasteiger charge is 2.33. The molecule has 1 N–H and O–H groups in total. The van der Waals surface area contributed by atoms with Crippen molar-refractivity contribution in [2.24, 2.45) is 5.10 Å². The lowest BCUT2D eigenvalue weighted by Gasteiger charge is -2.13. The monoisotopic (exact) mass is 494 g/mol. The SMILES string of the molecule is Cc1cc(/C=N/NC(=O)Cc2ccc(C(F)(F)F)cc2[N+](=O)[O-])c(C)n1-c1cccc2ccccc12. The van der Waals surface area contributed by atoms with Gasteiger partial charge in [0.25, 0.3) is 5.69 Å². The van der Waals surface area contributed by atoms with E-state index in [1.165, 1.54) is 6.21 Å². The third kappa shape index (κ3) is 4.97. The second-order valence-electron chi connectivity index (χ2n) is 8.23. The van der Waals surface area contributed by atoms with Crippen molar-refractivity contribution in [1.29, 1.82) is 0 Å². The molecule has 0 radical (unpaired) electrons. The summed E-state index contributed by atoms with van der Waals surface area (Å²) in [6, 6.07) is 18.0. The summed E-state index contributed by atoms with van der Waals surface area (Å²) in [7, 11) is 0. The van der Waals surface area contributed by atoms with Gasteiger partial charge in [-0.3, -0.25) is 14.9 Å². The normalized spacial score (nSPS) is 11.8. The minimum absolute atomic E-state index is 0.144. The lowest BCUT2D eigenvalue weighted by molar-refractivity contribution is -0.385. The minimum Gasteiger partial charge on any atom is -0.317 e. The van der Waals surface area contributed by atoms with Crippen molar-refractivity contribution in [3.8, 4) is 5.69 Å². The number of hydrazone groups is 1. The van der Waals surface area contributed by atoms with E-state index in [9.17, 15) is 28.1 Å². The number of hydrogen-bond acceptors (Lipinski definition) is 4. The highest BCUT2D eigenvalue weighted by Crippen LogP contribution is 2.33. The molecule has 0 unspecified atom stereocenters. The number of carbonyl (C=O) groups excluding carboxylic acids is 1. The van der Waals surface area contributed by atoms with E-state index < -0.39 is 34.7 Å². The fraction of sp³-hybridized carbons (Fsp3) is 0.154. The van der Waals surface area contributed by atoms with Crippen LogP contribution in [0.4, 0.5) is 18.9 Å². The molecule has 4 aromatic rings. The van der Waals surface area contributed by atoms with Crippen LogP contribution in [0.1, 0.15) is 28.1 Å². The number of carbonyl (C=O) groups is 1. The summed E-state index contributed by atoms with van der Waals surface area (Å²) in [5.41, 5.74) is 3.82. The number of hydrogen-bond donors (Lipinski definition) is 1. The summed E-state index contributed by atoms with van der Waals surface area (Å²) in [4.78, 5) is 22.6. The third-order valence-corrected chi connectivity index (χ3v) is 5.83. The fourth-order valence-electron chi connectivity index (χ4n) is 4.14. The second-order valence-corrected chi connectivity index (χ2v) is 8.23. The molecule has 4 rings (SSSR count). The van der Waals surface area contributed by atoms with E-state index in [-0.39, 0.29) is 5.56 Å². The smallest absolute Gasteiger partial charge is 0.317 e. The molecule has 0 saturated heterocycles. The Morgan fingerprint density at radius 3 is 2.53 bits per heavy atom. The maximum Gasteiger partial charge on any atom is 0.416 e. The van der Waals surface area contributed by atoms with Crippen LogP contribution in [0.25, 0.3) is 16.5 Å². The molecule has 0 atom stereocenters. The summed E-state index contributed by atoms with van der Waals surface area (Å²) >= 11 is 0. The largest absolute Gasteiger partial charge is 0.416 e. The molecule has 1 amide bonds. The zero-order valence-electron chi connectivity index (χ0n) is 19.3. The lowest BCUT2D eigenvalue weighted by atomic mass is 10.1. The molecule has 0 saturated carbocycles. The highest BCUT2D eigenvalue weighted by atomic mass is 19.4. The molecular weight excluding hydrogens is 473 g/mol. The zero-order valence-corrected chi connectivity index (χ0v) is 19.3. The third-order valence-electron chi connectivity index (χ3n) is 5.83. The van der Waals surface area contributed by atoms with Crippen molar-refractivity contribution in [2.45, 2.75) is 26.4 Å². The molecule has 184 valence electrons. The maximum atomic E-state index is 12.9. The number of halogens is 3. The van der Waals surface area contributed by atoms with Crippen LogP contribution >= 0.6 is 0 Å². The van der Waals surface area contributed by atoms with Gasteiger partial charge in [-0.2, -0.15) is 18.3 Å². The molecule has 1 aromatic heterocycles. The van der Waals surface area contributed by atoms with Crippen molar-refractivity contribution in [3.05, 3.63) is 105 Å². The maximum absolute atomic E-state index is 12.9. The van der Waals surface area contributed by atoms with Crippen LogP contribution in [0.2, 0.25) is 0 Å². The van der Waals surface area contributed by atoms with E-state index in [2.05, 4.69) is 15.1 Å². The summed E-state index contributed by atoms with van der Waals surface area (Å²) in [6.45, 7) is 3.87. The topological polar surface area (TPSA) is 89.5 Å². The van der Waals surface area contributed by atoms with Crippen molar-refractivity contribution >= 4 is 28.6 Å². The number of nitro benzene ring substituents is 1. The number of aryl methyl sites for hydroxylation is 1. The minimum atomic E-state index is -4.73. The van der Waals surface area contributed by atoms with Gasteiger partial charge in [0.2, 0.25) is 5.91 Å². The Balaban J connectivity index is 1.52. The number of amides is 1. The average molecular weight is 494 g/mol. The highest BCUT2D eigenvalue weighted by molar-refractivity contribution is 5.91. The van der Waals surface area contributed by atoms with E-state index in [0.29, 0.717) is 12.1 Å². The number of fused-ring (bicyclic) bond motifs is 1. The van der Waals surface area contributed by atoms with Gasteiger partial charge in [0.05, 0.1) is 28.8 Å². The number of nitro groups is 1. The van der Waals surface area contributed by atoms with E-state index in [0.717, 1.165) is 39.5 Å². The van der Waals surface area contributed by atoms with E-state index >= 15 is 0 Å². The van der Waals surface area contributed by atoms with Gasteiger partial charge in [0.15, 0.2) is 0 Å². The van der Waals surface area contributed by atoms with E-state index in [4.69, 9.17) is 0 Å². The van der Waals surface area contributed by atoms with Gasteiger partial charge in [0.1, 0.15) is 0 Å². The Hall–Kier alpha value is -4.47. The lowest BCUT2D eigenvalue weighted by Crippen LogP contribution is -2.20. The molecule has 0 aliphatic heterocycles. The Morgan fingerprint density at radius 2 is 1.81 bits per heavy atom. The van der Waals surface area contributed by atoms with Crippen LogP contribution in [0, 0.1) is 24.0 Å². The summed E-state index contributed by atoms with van der Waals surface area (Å²) in [5.74, 6) is -0.697.